The molecular formula is C16H24O3. The van der Waals surface area contributed by atoms with Gasteiger partial charge in [0.05, 0.1) is 25.4 Å². The molecule has 19 heavy (non-hydrogen) atoms. The molecule has 0 bridgehead atoms. The second-order valence-electron chi connectivity index (χ2n) is 6.00. The van der Waals surface area contributed by atoms with Crippen molar-refractivity contribution >= 4 is 0 Å². The maximum Gasteiger partial charge on any atom is 0.0717 e. The molecule has 1 heterocycles. The van der Waals surface area contributed by atoms with Gasteiger partial charge in [0.15, 0.2) is 0 Å². The summed E-state index contributed by atoms with van der Waals surface area (Å²) in [6.07, 6.45) is 1.30. The molecule has 1 aliphatic heterocycles. The summed E-state index contributed by atoms with van der Waals surface area (Å²) in [5.74, 6) is 0. The van der Waals surface area contributed by atoms with Crippen molar-refractivity contribution in [1.82, 2.24) is 0 Å². The Hall–Kier alpha value is -0.900. The van der Waals surface area contributed by atoms with Crippen molar-refractivity contribution in [2.75, 3.05) is 13.2 Å². The van der Waals surface area contributed by atoms with E-state index >= 15 is 0 Å². The zero-order valence-electron chi connectivity index (χ0n) is 11.8. The smallest absolute Gasteiger partial charge is 0.0717 e. The Bertz CT molecular complexity index is 375. The van der Waals surface area contributed by atoms with E-state index in [1.807, 2.05) is 18.2 Å². The summed E-state index contributed by atoms with van der Waals surface area (Å²) >= 11 is 0. The second-order valence-corrected chi connectivity index (χ2v) is 6.00. The highest BCUT2D eigenvalue weighted by molar-refractivity contribution is 5.13. The van der Waals surface area contributed by atoms with Crippen LogP contribution in [0.25, 0.3) is 0 Å². The average molecular weight is 264 g/mol. The van der Waals surface area contributed by atoms with Crippen LogP contribution in [0.4, 0.5) is 0 Å². The Balaban J connectivity index is 1.80. The monoisotopic (exact) mass is 264 g/mol. The fourth-order valence-electron chi connectivity index (χ4n) is 2.42. The molecule has 3 nitrogen and oxygen atoms in total. The summed E-state index contributed by atoms with van der Waals surface area (Å²) in [7, 11) is 0. The largest absolute Gasteiger partial charge is 0.393 e. The van der Waals surface area contributed by atoms with E-state index in [1.54, 1.807) is 0 Å². The van der Waals surface area contributed by atoms with Crippen molar-refractivity contribution in [3.63, 3.8) is 0 Å². The molecule has 0 aromatic heterocycles. The van der Waals surface area contributed by atoms with Gasteiger partial charge in [0, 0.05) is 18.4 Å². The normalized spacial score (nSPS) is 24.4. The average Bonchev–Trinajstić information content (AvgIpc) is 2.40. The molecule has 1 N–H and O–H groups in total. The SMILES string of the molecule is CC(C)(COCc1ccccc1)[C@H]1C[C@@H](O)CCO1. The topological polar surface area (TPSA) is 38.7 Å². The highest BCUT2D eigenvalue weighted by Gasteiger charge is 2.34. The van der Waals surface area contributed by atoms with Crippen molar-refractivity contribution in [2.45, 2.75) is 45.5 Å². The fourth-order valence-corrected chi connectivity index (χ4v) is 2.42. The van der Waals surface area contributed by atoms with Gasteiger partial charge in [0.2, 0.25) is 0 Å². The summed E-state index contributed by atoms with van der Waals surface area (Å²) in [6.45, 7) is 6.19. The highest BCUT2D eigenvalue weighted by atomic mass is 16.5. The molecule has 106 valence electrons. The predicted octanol–water partition coefficient (Wildman–Crippen LogP) is 2.77. The van der Waals surface area contributed by atoms with E-state index in [-0.39, 0.29) is 17.6 Å². The lowest BCUT2D eigenvalue weighted by atomic mass is 9.83. The van der Waals surface area contributed by atoms with Gasteiger partial charge in [-0.2, -0.15) is 0 Å². The standard InChI is InChI=1S/C16H24O3/c1-16(2,15-10-14(17)8-9-19-15)12-18-11-13-6-4-3-5-7-13/h3-7,14-15,17H,8-12H2,1-2H3/t14-,15+/m0/s1. The Morgan fingerprint density at radius 2 is 2.05 bits per heavy atom. The van der Waals surface area contributed by atoms with Gasteiger partial charge in [-0.15, -0.1) is 0 Å². The zero-order chi connectivity index (χ0) is 13.7. The van der Waals surface area contributed by atoms with Crippen LogP contribution in [-0.4, -0.2) is 30.5 Å². The van der Waals surface area contributed by atoms with Crippen LogP contribution < -0.4 is 0 Å². The first-order valence-corrected chi connectivity index (χ1v) is 6.99. The van der Waals surface area contributed by atoms with Gasteiger partial charge in [0.1, 0.15) is 0 Å². The lowest BCUT2D eigenvalue weighted by molar-refractivity contribution is -0.117. The number of rotatable bonds is 5. The van der Waals surface area contributed by atoms with Gasteiger partial charge in [0.25, 0.3) is 0 Å². The molecule has 0 spiro atoms. The second kappa shape index (κ2) is 6.51. The summed E-state index contributed by atoms with van der Waals surface area (Å²) in [5, 5.41) is 9.73. The molecule has 2 atom stereocenters. The Morgan fingerprint density at radius 3 is 2.74 bits per heavy atom. The maximum absolute atomic E-state index is 9.73. The van der Waals surface area contributed by atoms with Crippen LogP contribution in [-0.2, 0) is 16.1 Å². The van der Waals surface area contributed by atoms with Crippen molar-refractivity contribution in [3.8, 4) is 0 Å². The molecule has 1 aliphatic rings. The van der Waals surface area contributed by atoms with Gasteiger partial charge in [-0.05, 0) is 12.0 Å². The highest BCUT2D eigenvalue weighted by Crippen LogP contribution is 2.31. The molecule has 0 saturated carbocycles. The van der Waals surface area contributed by atoms with Crippen LogP contribution in [0.5, 0.6) is 0 Å². The molecule has 2 rings (SSSR count). The molecule has 1 fully saturated rings. The molecule has 0 radical (unpaired) electrons. The minimum Gasteiger partial charge on any atom is -0.393 e. The molecular weight excluding hydrogens is 240 g/mol. The Labute approximate surface area is 115 Å². The molecule has 3 heteroatoms. The van der Waals surface area contributed by atoms with E-state index in [2.05, 4.69) is 26.0 Å². The molecule has 0 amide bonds. The van der Waals surface area contributed by atoms with E-state index in [1.165, 1.54) is 5.56 Å². The van der Waals surface area contributed by atoms with Gasteiger partial charge in [-0.1, -0.05) is 44.2 Å². The molecule has 0 aliphatic carbocycles. The third-order valence-electron chi connectivity index (χ3n) is 3.71. The van der Waals surface area contributed by atoms with Crippen LogP contribution in [0.15, 0.2) is 30.3 Å². The third-order valence-corrected chi connectivity index (χ3v) is 3.71. The van der Waals surface area contributed by atoms with Crippen molar-refractivity contribution in [2.24, 2.45) is 5.41 Å². The number of benzene rings is 1. The summed E-state index contributed by atoms with van der Waals surface area (Å²) in [5.41, 5.74) is 1.11. The minimum atomic E-state index is -0.229. The number of aliphatic hydroxyl groups excluding tert-OH is 1. The Morgan fingerprint density at radius 1 is 1.32 bits per heavy atom. The first-order chi connectivity index (χ1) is 9.08. The quantitative estimate of drug-likeness (QED) is 0.888. The molecule has 1 aromatic rings. The van der Waals surface area contributed by atoms with E-state index in [9.17, 15) is 5.11 Å². The lowest BCUT2D eigenvalue weighted by Crippen LogP contribution is -2.42. The van der Waals surface area contributed by atoms with Crippen molar-refractivity contribution in [3.05, 3.63) is 35.9 Å². The third kappa shape index (κ3) is 4.30. The van der Waals surface area contributed by atoms with Crippen molar-refractivity contribution < 1.29 is 14.6 Å². The van der Waals surface area contributed by atoms with Gasteiger partial charge in [-0.25, -0.2) is 0 Å². The minimum absolute atomic E-state index is 0.0732. The summed E-state index contributed by atoms with van der Waals surface area (Å²) in [6, 6.07) is 10.2. The predicted molar refractivity (Wildman–Crippen MR) is 74.9 cm³/mol. The van der Waals surface area contributed by atoms with E-state index < -0.39 is 0 Å². The zero-order valence-corrected chi connectivity index (χ0v) is 11.8. The molecule has 0 unspecified atom stereocenters. The van der Waals surface area contributed by atoms with Gasteiger partial charge in [-0.3, -0.25) is 0 Å². The fraction of sp³-hybridized carbons (Fsp3) is 0.625. The summed E-state index contributed by atoms with van der Waals surface area (Å²) < 4.78 is 11.6. The lowest BCUT2D eigenvalue weighted by Gasteiger charge is -2.38. The summed E-state index contributed by atoms with van der Waals surface area (Å²) in [4.78, 5) is 0. The first-order valence-electron chi connectivity index (χ1n) is 6.99. The van der Waals surface area contributed by atoms with Crippen LogP contribution >= 0.6 is 0 Å². The van der Waals surface area contributed by atoms with Gasteiger partial charge < -0.3 is 14.6 Å². The van der Waals surface area contributed by atoms with E-state index in [0.29, 0.717) is 26.2 Å². The number of hydrogen-bond donors (Lipinski definition) is 1. The van der Waals surface area contributed by atoms with Gasteiger partial charge >= 0.3 is 0 Å². The van der Waals surface area contributed by atoms with Crippen LogP contribution in [0.2, 0.25) is 0 Å². The molecule has 1 saturated heterocycles. The number of hydrogen-bond acceptors (Lipinski definition) is 3. The number of aliphatic hydroxyl groups is 1. The molecule has 1 aromatic carbocycles. The van der Waals surface area contributed by atoms with Crippen molar-refractivity contribution in [1.29, 1.82) is 0 Å². The first kappa shape index (κ1) is 14.5. The maximum atomic E-state index is 9.73. The van der Waals surface area contributed by atoms with Crippen LogP contribution in [0.1, 0.15) is 32.3 Å². The van der Waals surface area contributed by atoms with Crippen LogP contribution in [0.3, 0.4) is 0 Å². The van der Waals surface area contributed by atoms with Crippen LogP contribution in [0, 0.1) is 5.41 Å². The Kier molecular flexibility index (Phi) is 4.97. The van der Waals surface area contributed by atoms with E-state index in [4.69, 9.17) is 9.47 Å². The number of ether oxygens (including phenoxy) is 2. The van der Waals surface area contributed by atoms with E-state index in [0.717, 1.165) is 6.42 Å².